The molecule has 1 fully saturated rings. The van der Waals surface area contributed by atoms with Crippen molar-refractivity contribution in [1.29, 1.82) is 0 Å². The molecule has 5 heterocycles. The van der Waals surface area contributed by atoms with Gasteiger partial charge in [-0.25, -0.2) is 9.97 Å². The van der Waals surface area contributed by atoms with E-state index in [0.29, 0.717) is 11.3 Å². The van der Waals surface area contributed by atoms with Crippen LogP contribution in [0.5, 0.6) is 0 Å². The zero-order valence-corrected chi connectivity index (χ0v) is 17.9. The Morgan fingerprint density at radius 3 is 2.55 bits per heavy atom. The number of piperazine rings is 1. The van der Waals surface area contributed by atoms with Gasteiger partial charge in [0.2, 0.25) is 0 Å². The number of anilines is 2. The van der Waals surface area contributed by atoms with Gasteiger partial charge in [-0.2, -0.15) is 18.3 Å². The number of amides is 1. The van der Waals surface area contributed by atoms with Crippen LogP contribution in [0.1, 0.15) is 29.0 Å². The number of rotatable bonds is 3. The van der Waals surface area contributed by atoms with E-state index in [4.69, 9.17) is 0 Å². The summed E-state index contributed by atoms with van der Waals surface area (Å²) in [5, 5.41) is 7.75. The molecule has 0 spiro atoms. The Balaban J connectivity index is 1.49. The van der Waals surface area contributed by atoms with Crippen LogP contribution in [0, 0.1) is 0 Å². The highest BCUT2D eigenvalue weighted by molar-refractivity contribution is 6.09. The number of carbonyl (C=O) groups excluding carboxylic acids is 1. The summed E-state index contributed by atoms with van der Waals surface area (Å²) in [6, 6.07) is 5.77. The first-order valence-corrected chi connectivity index (χ1v) is 10.7. The predicted molar refractivity (Wildman–Crippen MR) is 116 cm³/mol. The van der Waals surface area contributed by atoms with Crippen molar-refractivity contribution < 1.29 is 18.0 Å². The fraction of sp³-hybridized carbons (Fsp3) is 0.364. The zero-order chi connectivity index (χ0) is 23.2. The second-order valence-corrected chi connectivity index (χ2v) is 8.16. The second-order valence-electron chi connectivity index (χ2n) is 8.16. The first kappa shape index (κ1) is 21.4. The van der Waals surface area contributed by atoms with Crippen LogP contribution in [0.4, 0.5) is 24.8 Å². The Labute approximate surface area is 188 Å². The third kappa shape index (κ3) is 3.92. The van der Waals surface area contributed by atoms with Crippen LogP contribution in [0.25, 0.3) is 11.1 Å². The minimum absolute atomic E-state index is 0.175. The number of hydrogen-bond donors (Lipinski definition) is 1. The van der Waals surface area contributed by atoms with E-state index in [-0.39, 0.29) is 24.3 Å². The third-order valence-electron chi connectivity index (χ3n) is 5.96. The zero-order valence-electron chi connectivity index (χ0n) is 17.9. The van der Waals surface area contributed by atoms with E-state index in [1.807, 2.05) is 19.1 Å². The molecule has 0 aliphatic carbocycles. The predicted octanol–water partition coefficient (Wildman–Crippen LogP) is 2.99. The summed E-state index contributed by atoms with van der Waals surface area (Å²) in [4.78, 5) is 25.4. The van der Waals surface area contributed by atoms with E-state index in [1.165, 1.54) is 11.0 Å². The number of aromatic nitrogens is 4. The Hall–Kier alpha value is -3.47. The third-order valence-corrected chi connectivity index (χ3v) is 5.96. The molecule has 0 radical (unpaired) electrons. The summed E-state index contributed by atoms with van der Waals surface area (Å²) >= 11 is 0. The molecule has 172 valence electrons. The number of alkyl halides is 3. The molecule has 33 heavy (non-hydrogen) atoms. The van der Waals surface area contributed by atoms with E-state index in [2.05, 4.69) is 25.3 Å². The Kier molecular flexibility index (Phi) is 5.28. The largest absolute Gasteiger partial charge is 0.417 e. The Bertz CT molecular complexity index is 1170. The van der Waals surface area contributed by atoms with Crippen molar-refractivity contribution in [3.8, 4) is 11.1 Å². The van der Waals surface area contributed by atoms with Gasteiger partial charge in [-0.05, 0) is 36.8 Å². The molecule has 5 rings (SSSR count). The molecule has 3 aromatic heterocycles. The maximum Gasteiger partial charge on any atom is 0.417 e. The summed E-state index contributed by atoms with van der Waals surface area (Å²) < 4.78 is 40.4. The lowest BCUT2D eigenvalue weighted by Gasteiger charge is -2.32. The standard InChI is InChI=1S/C22H22F3N7O/c1-14-13-31(18-3-2-16(11-28-18)22(23,24)25)21(33)20-17(12-29-32(14)20)15-4-5-27-19(10-15)30-8-6-26-7-9-30/h2-5,10-12,14,26H,6-9,13H2,1H3. The highest BCUT2D eigenvalue weighted by Crippen LogP contribution is 2.34. The second kappa shape index (κ2) is 8.14. The molecule has 11 heteroatoms. The molecular formula is C22H22F3N7O. The molecule has 3 aromatic rings. The Morgan fingerprint density at radius 1 is 1.06 bits per heavy atom. The number of pyridine rings is 2. The van der Waals surface area contributed by atoms with Crippen LogP contribution in [-0.2, 0) is 6.18 Å². The molecule has 0 saturated carbocycles. The molecule has 0 bridgehead atoms. The average Bonchev–Trinajstić information content (AvgIpc) is 3.28. The number of fused-ring (bicyclic) bond motifs is 1. The summed E-state index contributed by atoms with van der Waals surface area (Å²) in [6.45, 7) is 5.59. The van der Waals surface area contributed by atoms with Gasteiger partial charge < -0.3 is 10.2 Å². The van der Waals surface area contributed by atoms with Crippen molar-refractivity contribution in [2.24, 2.45) is 0 Å². The number of halogens is 3. The van der Waals surface area contributed by atoms with E-state index >= 15 is 0 Å². The van der Waals surface area contributed by atoms with Crippen LogP contribution in [-0.4, -0.2) is 58.4 Å². The van der Waals surface area contributed by atoms with Crippen molar-refractivity contribution in [1.82, 2.24) is 25.1 Å². The van der Waals surface area contributed by atoms with E-state index < -0.39 is 11.7 Å². The van der Waals surface area contributed by atoms with E-state index in [1.54, 1.807) is 17.1 Å². The molecule has 1 unspecified atom stereocenters. The molecular weight excluding hydrogens is 435 g/mol. The van der Waals surface area contributed by atoms with E-state index in [9.17, 15) is 18.0 Å². The van der Waals surface area contributed by atoms with Crippen LogP contribution in [0.2, 0.25) is 0 Å². The molecule has 2 aliphatic rings. The van der Waals surface area contributed by atoms with Gasteiger partial charge in [0.05, 0.1) is 17.8 Å². The van der Waals surface area contributed by atoms with Gasteiger partial charge in [0, 0.05) is 50.7 Å². The van der Waals surface area contributed by atoms with Gasteiger partial charge in [-0.15, -0.1) is 0 Å². The minimum Gasteiger partial charge on any atom is -0.354 e. The van der Waals surface area contributed by atoms with Gasteiger partial charge in [-0.1, -0.05) is 0 Å². The van der Waals surface area contributed by atoms with Gasteiger partial charge in [0.25, 0.3) is 5.91 Å². The highest BCUT2D eigenvalue weighted by Gasteiger charge is 2.35. The first-order valence-electron chi connectivity index (χ1n) is 10.7. The first-order chi connectivity index (χ1) is 15.8. The topological polar surface area (TPSA) is 79.2 Å². The smallest absolute Gasteiger partial charge is 0.354 e. The van der Waals surface area contributed by atoms with Crippen LogP contribution < -0.4 is 15.1 Å². The number of carbonyl (C=O) groups is 1. The van der Waals surface area contributed by atoms with Crippen LogP contribution in [0.3, 0.4) is 0 Å². The quantitative estimate of drug-likeness (QED) is 0.652. The molecule has 1 N–H and O–H groups in total. The monoisotopic (exact) mass is 457 g/mol. The molecule has 1 amide bonds. The number of nitrogens with zero attached hydrogens (tertiary/aromatic N) is 6. The summed E-state index contributed by atoms with van der Waals surface area (Å²) in [5.41, 5.74) is 0.990. The lowest BCUT2D eigenvalue weighted by atomic mass is 10.0. The maximum atomic E-state index is 13.5. The summed E-state index contributed by atoms with van der Waals surface area (Å²) in [5.74, 6) is 0.648. The highest BCUT2D eigenvalue weighted by atomic mass is 19.4. The lowest BCUT2D eigenvalue weighted by molar-refractivity contribution is -0.137. The molecule has 2 aliphatic heterocycles. The lowest BCUT2D eigenvalue weighted by Crippen LogP contribution is -2.44. The fourth-order valence-electron chi connectivity index (χ4n) is 4.24. The van der Waals surface area contributed by atoms with E-state index in [0.717, 1.165) is 49.8 Å². The van der Waals surface area contributed by atoms with Crippen molar-refractivity contribution >= 4 is 17.5 Å². The normalized spacial score (nSPS) is 19.0. The molecule has 0 aromatic carbocycles. The SMILES string of the molecule is CC1CN(c2ccc(C(F)(F)F)cn2)C(=O)c2c(-c3ccnc(N4CCNCC4)c3)cnn21. The van der Waals surface area contributed by atoms with Crippen LogP contribution in [0.15, 0.2) is 42.9 Å². The summed E-state index contributed by atoms with van der Waals surface area (Å²) in [7, 11) is 0. The van der Waals surface area contributed by atoms with Crippen molar-refractivity contribution in [3.05, 3.63) is 54.1 Å². The average molecular weight is 457 g/mol. The molecule has 1 saturated heterocycles. The number of nitrogens with one attached hydrogen (secondary N) is 1. The maximum absolute atomic E-state index is 13.5. The van der Waals surface area contributed by atoms with Gasteiger partial charge >= 0.3 is 6.18 Å². The van der Waals surface area contributed by atoms with Crippen molar-refractivity contribution in [3.63, 3.8) is 0 Å². The van der Waals surface area contributed by atoms with Gasteiger partial charge in [0.1, 0.15) is 17.3 Å². The molecule has 1 atom stereocenters. The number of hydrogen-bond acceptors (Lipinski definition) is 6. The van der Waals surface area contributed by atoms with Gasteiger partial charge in [-0.3, -0.25) is 14.4 Å². The van der Waals surface area contributed by atoms with Crippen LogP contribution >= 0.6 is 0 Å². The summed E-state index contributed by atoms with van der Waals surface area (Å²) in [6.07, 6.45) is -0.365. The Morgan fingerprint density at radius 2 is 1.85 bits per heavy atom. The minimum atomic E-state index is -4.49. The fourth-order valence-corrected chi connectivity index (χ4v) is 4.24. The van der Waals surface area contributed by atoms with Gasteiger partial charge in [0.15, 0.2) is 0 Å². The van der Waals surface area contributed by atoms with Crippen molar-refractivity contribution in [2.45, 2.75) is 19.1 Å². The molecule has 8 nitrogen and oxygen atoms in total. The van der Waals surface area contributed by atoms with Crippen molar-refractivity contribution in [2.75, 3.05) is 42.5 Å².